The van der Waals surface area contributed by atoms with Crippen molar-refractivity contribution in [2.24, 2.45) is 0 Å². The van der Waals surface area contributed by atoms with Gasteiger partial charge in [0.25, 0.3) is 0 Å². The maximum atomic E-state index is 4.27. The van der Waals surface area contributed by atoms with Crippen LogP contribution in [-0.2, 0) is 0 Å². The predicted molar refractivity (Wildman–Crippen MR) is 58.4 cm³/mol. The molecule has 1 rings (SSSR count). The Kier molecular flexibility index (Phi) is 3.03. The molecule has 13 heavy (non-hydrogen) atoms. The van der Waals surface area contributed by atoms with Crippen LogP contribution in [0.2, 0.25) is 19.6 Å². The van der Waals surface area contributed by atoms with E-state index in [1.807, 2.05) is 6.07 Å². The van der Waals surface area contributed by atoms with Gasteiger partial charge in [-0.1, -0.05) is 19.6 Å². The van der Waals surface area contributed by atoms with Gasteiger partial charge in [0.15, 0.2) is 8.24 Å². The van der Waals surface area contributed by atoms with Crippen LogP contribution in [0, 0.1) is 0 Å². The number of aromatic nitrogens is 2. The monoisotopic (exact) mass is 195 g/mol. The molecule has 0 atom stereocenters. The fourth-order valence-electron chi connectivity index (χ4n) is 1.35. The van der Waals surface area contributed by atoms with Crippen LogP contribution in [0.4, 0.5) is 5.95 Å². The third-order valence-electron chi connectivity index (χ3n) is 1.92. The summed E-state index contributed by atoms with van der Waals surface area (Å²) in [4.78, 5) is 8.53. The minimum Gasteiger partial charge on any atom is -0.368 e. The van der Waals surface area contributed by atoms with Crippen molar-refractivity contribution in [3.63, 3.8) is 0 Å². The lowest BCUT2D eigenvalue weighted by molar-refractivity contribution is 0.970. The van der Waals surface area contributed by atoms with Gasteiger partial charge in [-0.3, -0.25) is 0 Å². The van der Waals surface area contributed by atoms with E-state index in [-0.39, 0.29) is 0 Å². The Hall–Kier alpha value is -0.903. The second-order valence-electron chi connectivity index (χ2n) is 3.96. The summed E-state index contributed by atoms with van der Waals surface area (Å²) in [5.74, 6) is 0.865. The summed E-state index contributed by atoms with van der Waals surface area (Å²) in [5.41, 5.74) is 0. The molecule has 0 spiro atoms. The van der Waals surface area contributed by atoms with E-state index in [9.17, 15) is 0 Å². The van der Waals surface area contributed by atoms with E-state index in [2.05, 4.69) is 41.1 Å². The van der Waals surface area contributed by atoms with Crippen molar-refractivity contribution in [2.75, 3.05) is 11.1 Å². The first kappa shape index (κ1) is 10.2. The van der Waals surface area contributed by atoms with Gasteiger partial charge in [-0.15, -0.1) is 0 Å². The Labute approximate surface area is 80.9 Å². The quantitative estimate of drug-likeness (QED) is 0.692. The van der Waals surface area contributed by atoms with Crippen molar-refractivity contribution >= 4 is 14.2 Å². The van der Waals surface area contributed by atoms with Crippen molar-refractivity contribution < 1.29 is 0 Å². The Morgan fingerprint density at radius 1 is 1.23 bits per heavy atom. The standard InChI is InChI=1S/C9H17N3Si/c1-5-12(13(2,3)4)9-10-7-6-8-11-9/h6-8H,5H2,1-4H3. The molecular formula is C9H17N3Si. The molecule has 0 N–H and O–H groups in total. The maximum absolute atomic E-state index is 4.27. The summed E-state index contributed by atoms with van der Waals surface area (Å²) >= 11 is 0. The maximum Gasteiger partial charge on any atom is 0.216 e. The highest BCUT2D eigenvalue weighted by molar-refractivity contribution is 6.79. The molecule has 0 aromatic carbocycles. The second-order valence-corrected chi connectivity index (χ2v) is 8.85. The highest BCUT2D eigenvalue weighted by atomic mass is 28.3. The molecule has 0 aliphatic rings. The van der Waals surface area contributed by atoms with E-state index in [1.165, 1.54) is 0 Å². The lowest BCUT2D eigenvalue weighted by Crippen LogP contribution is -2.47. The Morgan fingerprint density at radius 2 is 1.77 bits per heavy atom. The zero-order valence-corrected chi connectivity index (χ0v) is 9.78. The largest absolute Gasteiger partial charge is 0.368 e. The molecular weight excluding hydrogens is 178 g/mol. The number of hydrogen-bond donors (Lipinski definition) is 0. The molecule has 0 bridgehead atoms. The normalized spacial score (nSPS) is 11.4. The first-order chi connectivity index (χ1) is 6.05. The highest BCUT2D eigenvalue weighted by Crippen LogP contribution is 2.15. The van der Waals surface area contributed by atoms with E-state index < -0.39 is 8.24 Å². The van der Waals surface area contributed by atoms with Crippen LogP contribution in [0.1, 0.15) is 6.92 Å². The topological polar surface area (TPSA) is 29.0 Å². The average molecular weight is 195 g/mol. The molecule has 0 radical (unpaired) electrons. The van der Waals surface area contributed by atoms with Crippen LogP contribution in [0.15, 0.2) is 18.5 Å². The van der Waals surface area contributed by atoms with Gasteiger partial charge in [0, 0.05) is 18.9 Å². The molecule has 0 aliphatic carbocycles. The third kappa shape index (κ3) is 2.52. The molecule has 4 heteroatoms. The molecule has 0 unspecified atom stereocenters. The molecule has 1 aromatic heterocycles. The molecule has 72 valence electrons. The lowest BCUT2D eigenvalue weighted by atomic mass is 10.6. The Morgan fingerprint density at radius 3 is 2.15 bits per heavy atom. The van der Waals surface area contributed by atoms with Gasteiger partial charge in [0.1, 0.15) is 0 Å². The number of nitrogens with zero attached hydrogens (tertiary/aromatic N) is 3. The molecule has 1 aromatic rings. The van der Waals surface area contributed by atoms with E-state index in [0.717, 1.165) is 12.5 Å². The van der Waals surface area contributed by atoms with Crippen LogP contribution in [0.5, 0.6) is 0 Å². The van der Waals surface area contributed by atoms with Crippen molar-refractivity contribution in [1.29, 1.82) is 0 Å². The molecule has 0 saturated heterocycles. The zero-order valence-electron chi connectivity index (χ0n) is 8.78. The fraction of sp³-hybridized carbons (Fsp3) is 0.556. The molecule has 0 aliphatic heterocycles. The van der Waals surface area contributed by atoms with Gasteiger partial charge in [0.05, 0.1) is 0 Å². The third-order valence-corrected chi connectivity index (χ3v) is 4.06. The summed E-state index contributed by atoms with van der Waals surface area (Å²) < 4.78 is 2.31. The van der Waals surface area contributed by atoms with Gasteiger partial charge in [-0.2, -0.15) is 0 Å². The minimum absolute atomic E-state index is 0.865. The van der Waals surface area contributed by atoms with Crippen molar-refractivity contribution in [3.05, 3.63) is 18.5 Å². The molecule has 0 saturated carbocycles. The minimum atomic E-state index is -1.32. The smallest absolute Gasteiger partial charge is 0.216 e. The second kappa shape index (κ2) is 3.87. The lowest BCUT2D eigenvalue weighted by Gasteiger charge is -2.32. The zero-order chi connectivity index (χ0) is 9.90. The number of anilines is 1. The molecule has 0 amide bonds. The van der Waals surface area contributed by atoms with Gasteiger partial charge >= 0.3 is 0 Å². The molecule has 3 nitrogen and oxygen atoms in total. The summed E-state index contributed by atoms with van der Waals surface area (Å²) in [5, 5.41) is 0. The van der Waals surface area contributed by atoms with Crippen molar-refractivity contribution in [1.82, 2.24) is 9.97 Å². The van der Waals surface area contributed by atoms with Gasteiger partial charge in [-0.25, -0.2) is 9.97 Å². The summed E-state index contributed by atoms with van der Waals surface area (Å²) in [6.07, 6.45) is 3.59. The van der Waals surface area contributed by atoms with E-state index in [0.29, 0.717) is 0 Å². The van der Waals surface area contributed by atoms with Crippen LogP contribution in [0.25, 0.3) is 0 Å². The summed E-state index contributed by atoms with van der Waals surface area (Å²) in [6.45, 7) is 10.0. The number of rotatable bonds is 3. The van der Waals surface area contributed by atoms with Crippen LogP contribution in [-0.4, -0.2) is 24.7 Å². The summed E-state index contributed by atoms with van der Waals surface area (Å²) in [7, 11) is -1.32. The van der Waals surface area contributed by atoms with Crippen molar-refractivity contribution in [2.45, 2.75) is 26.6 Å². The first-order valence-corrected chi connectivity index (χ1v) is 8.05. The first-order valence-electron chi connectivity index (χ1n) is 4.60. The van der Waals surface area contributed by atoms with Gasteiger partial charge in [-0.05, 0) is 13.0 Å². The summed E-state index contributed by atoms with van der Waals surface area (Å²) in [6, 6.07) is 1.85. The van der Waals surface area contributed by atoms with E-state index in [1.54, 1.807) is 12.4 Å². The Bertz CT molecular complexity index is 255. The van der Waals surface area contributed by atoms with E-state index >= 15 is 0 Å². The van der Waals surface area contributed by atoms with Crippen LogP contribution < -0.4 is 4.57 Å². The molecule has 1 heterocycles. The van der Waals surface area contributed by atoms with Gasteiger partial charge in [0.2, 0.25) is 5.95 Å². The predicted octanol–water partition coefficient (Wildman–Crippen LogP) is 2.14. The highest BCUT2D eigenvalue weighted by Gasteiger charge is 2.24. The van der Waals surface area contributed by atoms with Crippen LogP contribution >= 0.6 is 0 Å². The Balaban J connectivity index is 2.92. The average Bonchev–Trinajstić information content (AvgIpc) is 2.05. The van der Waals surface area contributed by atoms with Crippen molar-refractivity contribution in [3.8, 4) is 0 Å². The SMILES string of the molecule is CCN(c1ncccn1)[Si](C)(C)C. The number of hydrogen-bond acceptors (Lipinski definition) is 3. The van der Waals surface area contributed by atoms with E-state index in [4.69, 9.17) is 0 Å². The molecule has 0 fully saturated rings. The van der Waals surface area contributed by atoms with Crippen LogP contribution in [0.3, 0.4) is 0 Å². The fourth-order valence-corrected chi connectivity index (χ4v) is 3.01. The van der Waals surface area contributed by atoms with Gasteiger partial charge < -0.3 is 4.57 Å².